The van der Waals surface area contributed by atoms with Gasteiger partial charge in [-0.1, -0.05) is 11.6 Å². The molecule has 2 aromatic rings. The number of halogens is 1. The molecule has 0 spiro atoms. The molecule has 0 aliphatic carbocycles. The Morgan fingerprint density at radius 2 is 1.86 bits per heavy atom. The smallest absolute Gasteiger partial charge is 0.229 e. The predicted molar refractivity (Wildman–Crippen MR) is 111 cm³/mol. The van der Waals surface area contributed by atoms with Crippen molar-refractivity contribution < 1.29 is 22.7 Å². The van der Waals surface area contributed by atoms with Gasteiger partial charge in [0.25, 0.3) is 0 Å². The van der Waals surface area contributed by atoms with Gasteiger partial charge >= 0.3 is 0 Å². The van der Waals surface area contributed by atoms with Gasteiger partial charge in [-0.3, -0.25) is 9.52 Å². The molecule has 2 rings (SSSR count). The van der Waals surface area contributed by atoms with Gasteiger partial charge in [-0.2, -0.15) is 0 Å². The first-order chi connectivity index (χ1) is 13.2. The predicted octanol–water partition coefficient (Wildman–Crippen LogP) is 3.83. The van der Waals surface area contributed by atoms with Crippen LogP contribution in [0, 0.1) is 6.92 Å². The van der Waals surface area contributed by atoms with Crippen LogP contribution in [0.15, 0.2) is 36.4 Å². The molecule has 9 heteroatoms. The van der Waals surface area contributed by atoms with Crippen LogP contribution < -0.4 is 19.5 Å². The van der Waals surface area contributed by atoms with Crippen LogP contribution in [0.5, 0.6) is 11.5 Å². The van der Waals surface area contributed by atoms with E-state index < -0.39 is 10.0 Å². The van der Waals surface area contributed by atoms with E-state index in [0.717, 1.165) is 17.6 Å². The van der Waals surface area contributed by atoms with Crippen LogP contribution >= 0.6 is 11.6 Å². The summed E-state index contributed by atoms with van der Waals surface area (Å²) < 4.78 is 36.1. The van der Waals surface area contributed by atoms with Gasteiger partial charge in [0.05, 0.1) is 25.7 Å². The Labute approximate surface area is 170 Å². The number of carbonyl (C=O) groups is 1. The highest BCUT2D eigenvalue weighted by Crippen LogP contribution is 2.28. The maximum Gasteiger partial charge on any atom is 0.229 e. The van der Waals surface area contributed by atoms with Crippen LogP contribution in [0.4, 0.5) is 11.4 Å². The van der Waals surface area contributed by atoms with Gasteiger partial charge in [-0.05, 0) is 55.3 Å². The third-order valence-electron chi connectivity index (χ3n) is 3.72. The van der Waals surface area contributed by atoms with Crippen LogP contribution in [-0.2, 0) is 14.8 Å². The van der Waals surface area contributed by atoms with Crippen LogP contribution in [-0.4, -0.2) is 34.3 Å². The number of methoxy groups -OCH3 is 1. The SMILES string of the molecule is COc1ccc(NC(=O)CCCOc2ccc(Cl)cc2C)cc1NS(C)(=O)=O. The fraction of sp³-hybridized carbons (Fsp3) is 0.316. The Hall–Kier alpha value is -2.45. The lowest BCUT2D eigenvalue weighted by Gasteiger charge is -2.13. The van der Waals surface area contributed by atoms with Crippen LogP contribution in [0.2, 0.25) is 5.02 Å². The number of anilines is 2. The minimum Gasteiger partial charge on any atom is -0.495 e. The molecule has 0 aliphatic heterocycles. The summed E-state index contributed by atoms with van der Waals surface area (Å²) in [5.41, 5.74) is 1.65. The van der Waals surface area contributed by atoms with Crippen LogP contribution in [0.25, 0.3) is 0 Å². The van der Waals surface area contributed by atoms with Crippen LogP contribution in [0.3, 0.4) is 0 Å². The van der Waals surface area contributed by atoms with Crippen molar-refractivity contribution >= 4 is 38.9 Å². The van der Waals surface area contributed by atoms with Crippen molar-refractivity contribution in [3.05, 3.63) is 47.0 Å². The van der Waals surface area contributed by atoms with E-state index in [0.29, 0.717) is 29.5 Å². The molecule has 0 aromatic heterocycles. The van der Waals surface area contributed by atoms with E-state index in [1.165, 1.54) is 13.2 Å². The van der Waals surface area contributed by atoms with Gasteiger partial charge in [-0.15, -0.1) is 0 Å². The van der Waals surface area contributed by atoms with Crippen molar-refractivity contribution in [3.63, 3.8) is 0 Å². The summed E-state index contributed by atoms with van der Waals surface area (Å²) in [6.07, 6.45) is 1.83. The zero-order valence-corrected chi connectivity index (χ0v) is 17.5. The molecule has 28 heavy (non-hydrogen) atoms. The minimum atomic E-state index is -3.47. The van der Waals surface area contributed by atoms with E-state index >= 15 is 0 Å². The Bertz CT molecular complexity index is 947. The lowest BCUT2D eigenvalue weighted by atomic mass is 10.2. The third-order valence-corrected chi connectivity index (χ3v) is 4.55. The van der Waals surface area contributed by atoms with Crippen molar-refractivity contribution in [1.82, 2.24) is 0 Å². The first-order valence-corrected chi connectivity index (χ1v) is 10.8. The fourth-order valence-corrected chi connectivity index (χ4v) is 3.26. The normalized spacial score (nSPS) is 11.0. The number of hydrogen-bond acceptors (Lipinski definition) is 5. The van der Waals surface area contributed by atoms with Gasteiger partial charge < -0.3 is 14.8 Å². The first kappa shape index (κ1) is 21.8. The average molecular weight is 427 g/mol. The summed E-state index contributed by atoms with van der Waals surface area (Å²) in [5, 5.41) is 3.38. The van der Waals surface area contributed by atoms with Gasteiger partial charge in [0.1, 0.15) is 11.5 Å². The zero-order valence-electron chi connectivity index (χ0n) is 15.9. The van der Waals surface area contributed by atoms with Crippen LogP contribution in [0.1, 0.15) is 18.4 Å². The molecule has 0 unspecified atom stereocenters. The molecule has 0 saturated heterocycles. The number of nitrogens with one attached hydrogen (secondary N) is 2. The Morgan fingerprint density at radius 1 is 1.14 bits per heavy atom. The molecular weight excluding hydrogens is 404 g/mol. The standard InChI is InChI=1S/C19H23ClN2O5S/c1-13-11-14(20)6-8-17(13)27-10-4-5-19(23)21-15-7-9-18(26-2)16(12-15)22-28(3,24)25/h6-9,11-12,22H,4-5,10H2,1-3H3,(H,21,23). The summed E-state index contributed by atoms with van der Waals surface area (Å²) in [5.74, 6) is 0.888. The summed E-state index contributed by atoms with van der Waals surface area (Å²) in [7, 11) is -2.04. The lowest BCUT2D eigenvalue weighted by molar-refractivity contribution is -0.116. The molecule has 7 nitrogen and oxygen atoms in total. The largest absolute Gasteiger partial charge is 0.495 e. The number of carbonyl (C=O) groups excluding carboxylic acids is 1. The summed E-state index contributed by atoms with van der Waals surface area (Å²) in [4.78, 5) is 12.1. The molecule has 0 radical (unpaired) electrons. The molecule has 0 saturated carbocycles. The minimum absolute atomic E-state index is 0.202. The van der Waals surface area contributed by atoms with E-state index in [-0.39, 0.29) is 18.0 Å². The van der Waals surface area contributed by atoms with Crippen molar-refractivity contribution in [2.75, 3.05) is 30.0 Å². The average Bonchev–Trinajstić information content (AvgIpc) is 2.59. The van der Waals surface area contributed by atoms with Gasteiger partial charge in [-0.25, -0.2) is 8.42 Å². The monoisotopic (exact) mass is 426 g/mol. The zero-order chi connectivity index (χ0) is 20.7. The topological polar surface area (TPSA) is 93.7 Å². The van der Waals surface area contributed by atoms with Crippen molar-refractivity contribution in [2.24, 2.45) is 0 Å². The maximum atomic E-state index is 12.1. The van der Waals surface area contributed by atoms with E-state index in [1.807, 2.05) is 13.0 Å². The second-order valence-electron chi connectivity index (χ2n) is 6.20. The molecule has 1 amide bonds. The van der Waals surface area contributed by atoms with Crippen molar-refractivity contribution in [3.8, 4) is 11.5 Å². The number of rotatable bonds is 9. The Balaban J connectivity index is 1.87. The molecular formula is C19H23ClN2O5S. The molecule has 152 valence electrons. The number of ether oxygens (including phenoxy) is 2. The second-order valence-corrected chi connectivity index (χ2v) is 8.38. The van der Waals surface area contributed by atoms with Gasteiger partial charge in [0.2, 0.25) is 15.9 Å². The summed E-state index contributed by atoms with van der Waals surface area (Å²) in [6.45, 7) is 2.29. The van der Waals surface area contributed by atoms with Gasteiger partial charge in [0.15, 0.2) is 0 Å². The number of hydrogen-bond donors (Lipinski definition) is 2. The highest BCUT2D eigenvalue weighted by molar-refractivity contribution is 7.92. The summed E-state index contributed by atoms with van der Waals surface area (Å²) >= 11 is 5.91. The van der Waals surface area contributed by atoms with E-state index in [2.05, 4.69) is 10.0 Å². The molecule has 0 fully saturated rings. The number of aryl methyl sites for hydroxylation is 1. The Morgan fingerprint density at radius 3 is 2.50 bits per heavy atom. The maximum absolute atomic E-state index is 12.1. The summed E-state index contributed by atoms with van der Waals surface area (Å²) in [6, 6.07) is 10.1. The molecule has 0 bridgehead atoms. The van der Waals surface area contributed by atoms with E-state index in [1.54, 1.807) is 24.3 Å². The number of sulfonamides is 1. The van der Waals surface area contributed by atoms with E-state index in [9.17, 15) is 13.2 Å². The third kappa shape index (κ3) is 6.94. The number of amides is 1. The van der Waals surface area contributed by atoms with Gasteiger partial charge in [0, 0.05) is 17.1 Å². The second kappa shape index (κ2) is 9.66. The highest BCUT2D eigenvalue weighted by Gasteiger charge is 2.11. The first-order valence-electron chi connectivity index (χ1n) is 8.52. The highest BCUT2D eigenvalue weighted by atomic mass is 35.5. The molecule has 0 atom stereocenters. The van der Waals surface area contributed by atoms with Crippen molar-refractivity contribution in [1.29, 1.82) is 0 Å². The molecule has 2 aromatic carbocycles. The quantitative estimate of drug-likeness (QED) is 0.594. The Kier molecular flexibility index (Phi) is 7.53. The van der Waals surface area contributed by atoms with Crippen molar-refractivity contribution in [2.45, 2.75) is 19.8 Å². The molecule has 0 heterocycles. The lowest BCUT2D eigenvalue weighted by Crippen LogP contribution is -2.14. The molecule has 2 N–H and O–H groups in total. The fourth-order valence-electron chi connectivity index (χ4n) is 2.48. The number of benzene rings is 2. The van der Waals surface area contributed by atoms with E-state index in [4.69, 9.17) is 21.1 Å². The molecule has 0 aliphatic rings.